The predicted octanol–water partition coefficient (Wildman–Crippen LogP) is 3.95. The lowest BCUT2D eigenvalue weighted by Gasteiger charge is -2.52. The molecule has 2 aliphatic rings. The molecule has 1 aliphatic heterocycles. The zero-order valence-corrected chi connectivity index (χ0v) is 11.6. The molecular weight excluding hydrogens is 220 g/mol. The Labute approximate surface area is 110 Å². The summed E-state index contributed by atoms with van der Waals surface area (Å²) in [5, 5.41) is 3.69. The summed E-state index contributed by atoms with van der Waals surface area (Å²) in [5.41, 5.74) is 4.57. The number of anilines is 2. The summed E-state index contributed by atoms with van der Waals surface area (Å²) in [4.78, 5) is 2.69. The molecule has 1 aromatic rings. The van der Waals surface area contributed by atoms with Gasteiger partial charge in [0.1, 0.15) is 0 Å². The summed E-state index contributed by atoms with van der Waals surface area (Å²) in [7, 11) is 0. The average Bonchev–Trinajstić information content (AvgIpc) is 2.41. The topological polar surface area (TPSA) is 15.3 Å². The molecule has 1 aliphatic carbocycles. The van der Waals surface area contributed by atoms with E-state index >= 15 is 0 Å². The van der Waals surface area contributed by atoms with Crippen molar-refractivity contribution in [1.82, 2.24) is 0 Å². The summed E-state index contributed by atoms with van der Waals surface area (Å²) < 4.78 is 0. The first-order valence-electron chi connectivity index (χ1n) is 7.38. The van der Waals surface area contributed by atoms with Crippen LogP contribution in [0.1, 0.15) is 44.6 Å². The monoisotopic (exact) mass is 244 g/mol. The van der Waals surface area contributed by atoms with Crippen molar-refractivity contribution in [2.45, 2.75) is 51.5 Å². The molecule has 0 atom stereocenters. The first kappa shape index (κ1) is 11.9. The second-order valence-electron chi connectivity index (χ2n) is 5.85. The molecule has 0 bridgehead atoms. The summed E-state index contributed by atoms with van der Waals surface area (Å²) in [5.74, 6) is 0. The van der Waals surface area contributed by atoms with E-state index < -0.39 is 0 Å². The Kier molecular flexibility index (Phi) is 2.96. The molecule has 2 nitrogen and oxygen atoms in total. The number of fused-ring (bicyclic) bond motifs is 1. The van der Waals surface area contributed by atoms with Gasteiger partial charge in [0.15, 0.2) is 0 Å². The standard InChI is InChI=1S/C16H24N2/c1-3-18-15-13(2)8-7-9-14(15)17-12-16(18)10-5-4-6-11-16/h7-9,17H,3-6,10-12H2,1-2H3. The Hall–Kier alpha value is -1.18. The smallest absolute Gasteiger partial charge is 0.0636 e. The number of hydrogen-bond donors (Lipinski definition) is 1. The minimum Gasteiger partial charge on any atom is -0.381 e. The number of nitrogens with one attached hydrogen (secondary N) is 1. The van der Waals surface area contributed by atoms with Gasteiger partial charge < -0.3 is 10.2 Å². The second-order valence-corrected chi connectivity index (χ2v) is 5.85. The Balaban J connectivity index is 2.04. The number of nitrogens with zero attached hydrogens (tertiary/aromatic N) is 1. The molecule has 1 aromatic carbocycles. The second kappa shape index (κ2) is 4.49. The quantitative estimate of drug-likeness (QED) is 0.804. The van der Waals surface area contributed by atoms with E-state index in [2.05, 4.69) is 42.3 Å². The highest BCUT2D eigenvalue weighted by Gasteiger charge is 2.41. The first-order chi connectivity index (χ1) is 8.77. The minimum atomic E-state index is 0.381. The first-order valence-corrected chi connectivity index (χ1v) is 7.38. The molecule has 1 fully saturated rings. The molecule has 98 valence electrons. The Bertz CT molecular complexity index is 433. The summed E-state index contributed by atoms with van der Waals surface area (Å²) in [6.45, 7) is 6.79. The van der Waals surface area contributed by atoms with Gasteiger partial charge in [-0.1, -0.05) is 31.4 Å². The number of aryl methyl sites for hydroxylation is 1. The third kappa shape index (κ3) is 1.70. The van der Waals surface area contributed by atoms with Gasteiger partial charge in [0.25, 0.3) is 0 Å². The van der Waals surface area contributed by atoms with E-state index in [1.54, 1.807) is 0 Å². The molecule has 1 N–H and O–H groups in total. The van der Waals surface area contributed by atoms with Gasteiger partial charge in [-0.15, -0.1) is 0 Å². The van der Waals surface area contributed by atoms with Gasteiger partial charge in [0.05, 0.1) is 16.9 Å². The highest BCUT2D eigenvalue weighted by atomic mass is 15.3. The molecule has 3 rings (SSSR count). The maximum atomic E-state index is 3.69. The third-order valence-electron chi connectivity index (χ3n) is 4.79. The van der Waals surface area contributed by atoms with Gasteiger partial charge in [-0.05, 0) is 38.3 Å². The summed E-state index contributed by atoms with van der Waals surface area (Å²) in [6.07, 6.45) is 6.89. The average molecular weight is 244 g/mol. The SMILES string of the molecule is CCN1c2c(C)cccc2NCC12CCCCC2. The number of benzene rings is 1. The van der Waals surface area contributed by atoms with E-state index in [-0.39, 0.29) is 0 Å². The lowest BCUT2D eigenvalue weighted by Crippen LogP contribution is -2.57. The van der Waals surface area contributed by atoms with Crippen molar-refractivity contribution in [2.75, 3.05) is 23.3 Å². The molecule has 0 aromatic heterocycles. The third-order valence-corrected chi connectivity index (χ3v) is 4.79. The van der Waals surface area contributed by atoms with Gasteiger partial charge in [0, 0.05) is 13.1 Å². The van der Waals surface area contributed by atoms with Gasteiger partial charge in [0.2, 0.25) is 0 Å². The lowest BCUT2D eigenvalue weighted by atomic mass is 9.78. The van der Waals surface area contributed by atoms with Crippen LogP contribution in [-0.2, 0) is 0 Å². The van der Waals surface area contributed by atoms with Crippen molar-refractivity contribution >= 4 is 11.4 Å². The van der Waals surface area contributed by atoms with E-state index in [4.69, 9.17) is 0 Å². The van der Waals surface area contributed by atoms with Gasteiger partial charge >= 0.3 is 0 Å². The summed E-state index contributed by atoms with van der Waals surface area (Å²) in [6, 6.07) is 6.62. The molecule has 0 amide bonds. The van der Waals surface area contributed by atoms with E-state index in [1.807, 2.05) is 0 Å². The molecule has 0 unspecified atom stereocenters. The maximum absolute atomic E-state index is 3.69. The molecule has 1 heterocycles. The fourth-order valence-corrected chi connectivity index (χ4v) is 3.90. The molecule has 0 radical (unpaired) electrons. The van der Waals surface area contributed by atoms with Crippen LogP contribution < -0.4 is 10.2 Å². The van der Waals surface area contributed by atoms with Crippen LogP contribution in [0.3, 0.4) is 0 Å². The zero-order valence-electron chi connectivity index (χ0n) is 11.6. The molecular formula is C16H24N2. The van der Waals surface area contributed by atoms with Crippen LogP contribution in [0.2, 0.25) is 0 Å². The maximum Gasteiger partial charge on any atom is 0.0636 e. The van der Waals surface area contributed by atoms with E-state index in [1.165, 1.54) is 49.0 Å². The van der Waals surface area contributed by atoms with Crippen LogP contribution in [0, 0.1) is 6.92 Å². The largest absolute Gasteiger partial charge is 0.381 e. The number of para-hydroxylation sites is 1. The fourth-order valence-electron chi connectivity index (χ4n) is 3.90. The zero-order chi connectivity index (χ0) is 12.6. The van der Waals surface area contributed by atoms with E-state index in [0.717, 1.165) is 13.1 Å². The Morgan fingerprint density at radius 1 is 1.22 bits per heavy atom. The normalized spacial score (nSPS) is 21.6. The van der Waals surface area contributed by atoms with Crippen molar-refractivity contribution in [1.29, 1.82) is 0 Å². The molecule has 2 heteroatoms. The molecule has 0 saturated heterocycles. The van der Waals surface area contributed by atoms with Gasteiger partial charge in [-0.3, -0.25) is 0 Å². The van der Waals surface area contributed by atoms with Gasteiger partial charge in [-0.2, -0.15) is 0 Å². The molecule has 18 heavy (non-hydrogen) atoms. The number of rotatable bonds is 1. The van der Waals surface area contributed by atoms with Crippen molar-refractivity contribution in [3.8, 4) is 0 Å². The van der Waals surface area contributed by atoms with Crippen LogP contribution in [-0.4, -0.2) is 18.6 Å². The molecule has 1 spiro atoms. The van der Waals surface area contributed by atoms with Crippen LogP contribution in [0.15, 0.2) is 18.2 Å². The van der Waals surface area contributed by atoms with Gasteiger partial charge in [-0.25, -0.2) is 0 Å². The number of hydrogen-bond acceptors (Lipinski definition) is 2. The highest BCUT2D eigenvalue weighted by Crippen LogP contribution is 2.44. The van der Waals surface area contributed by atoms with Crippen LogP contribution in [0.4, 0.5) is 11.4 Å². The van der Waals surface area contributed by atoms with Crippen LogP contribution in [0.25, 0.3) is 0 Å². The van der Waals surface area contributed by atoms with Crippen LogP contribution in [0.5, 0.6) is 0 Å². The van der Waals surface area contributed by atoms with E-state index in [9.17, 15) is 0 Å². The van der Waals surface area contributed by atoms with Crippen molar-refractivity contribution in [3.05, 3.63) is 23.8 Å². The van der Waals surface area contributed by atoms with Crippen molar-refractivity contribution in [2.24, 2.45) is 0 Å². The summed E-state index contributed by atoms with van der Waals surface area (Å²) >= 11 is 0. The van der Waals surface area contributed by atoms with E-state index in [0.29, 0.717) is 5.54 Å². The predicted molar refractivity (Wildman–Crippen MR) is 78.5 cm³/mol. The molecule has 1 saturated carbocycles. The van der Waals surface area contributed by atoms with Crippen molar-refractivity contribution in [3.63, 3.8) is 0 Å². The minimum absolute atomic E-state index is 0.381. The van der Waals surface area contributed by atoms with Crippen molar-refractivity contribution < 1.29 is 0 Å². The number of likely N-dealkylation sites (N-methyl/N-ethyl adjacent to an activating group) is 1. The highest BCUT2D eigenvalue weighted by molar-refractivity contribution is 5.77. The Morgan fingerprint density at radius 2 is 2.00 bits per heavy atom. The lowest BCUT2D eigenvalue weighted by molar-refractivity contribution is 0.285. The fraction of sp³-hybridized carbons (Fsp3) is 0.625. The Morgan fingerprint density at radius 3 is 2.72 bits per heavy atom. The van der Waals surface area contributed by atoms with Crippen LogP contribution >= 0.6 is 0 Å².